The Labute approximate surface area is 89.6 Å². The SMILES string of the molecule is CCC(=O)CCCN1C(=O)CCCC1=O. The van der Waals surface area contributed by atoms with Gasteiger partial charge in [0.25, 0.3) is 0 Å². The maximum Gasteiger partial charge on any atom is 0.229 e. The van der Waals surface area contributed by atoms with Crippen molar-refractivity contribution in [3.8, 4) is 0 Å². The van der Waals surface area contributed by atoms with Gasteiger partial charge >= 0.3 is 0 Å². The number of carbonyl (C=O) groups is 3. The van der Waals surface area contributed by atoms with Crippen LogP contribution in [0.5, 0.6) is 0 Å². The largest absolute Gasteiger partial charge is 0.300 e. The molecule has 0 radical (unpaired) electrons. The lowest BCUT2D eigenvalue weighted by Crippen LogP contribution is -2.40. The van der Waals surface area contributed by atoms with Crippen molar-refractivity contribution >= 4 is 17.6 Å². The van der Waals surface area contributed by atoms with Crippen molar-refractivity contribution in [2.45, 2.75) is 45.4 Å². The Balaban J connectivity index is 2.33. The molecule has 1 aliphatic rings. The van der Waals surface area contributed by atoms with Crippen LogP contribution in [0.4, 0.5) is 0 Å². The number of likely N-dealkylation sites (tertiary alicyclic amines) is 1. The molecule has 84 valence electrons. The van der Waals surface area contributed by atoms with Crippen LogP contribution in [0.25, 0.3) is 0 Å². The van der Waals surface area contributed by atoms with Gasteiger partial charge in [-0.15, -0.1) is 0 Å². The number of imide groups is 1. The minimum absolute atomic E-state index is 0.0878. The Kier molecular flexibility index (Phi) is 4.46. The van der Waals surface area contributed by atoms with E-state index in [4.69, 9.17) is 0 Å². The van der Waals surface area contributed by atoms with Gasteiger partial charge in [0, 0.05) is 32.2 Å². The van der Waals surface area contributed by atoms with Crippen LogP contribution >= 0.6 is 0 Å². The van der Waals surface area contributed by atoms with E-state index in [0.29, 0.717) is 45.1 Å². The number of carbonyl (C=O) groups excluding carboxylic acids is 3. The lowest BCUT2D eigenvalue weighted by Gasteiger charge is -2.24. The third kappa shape index (κ3) is 3.46. The number of Topliss-reactive ketones (excluding diaryl/α,β-unsaturated/α-hetero) is 1. The number of hydrogen-bond acceptors (Lipinski definition) is 3. The molecular weight excluding hydrogens is 194 g/mol. The molecule has 0 atom stereocenters. The minimum atomic E-state index is -0.0878. The summed E-state index contributed by atoms with van der Waals surface area (Å²) in [5.41, 5.74) is 0. The van der Waals surface area contributed by atoms with E-state index in [1.807, 2.05) is 6.92 Å². The van der Waals surface area contributed by atoms with E-state index >= 15 is 0 Å². The highest BCUT2D eigenvalue weighted by atomic mass is 16.2. The second kappa shape index (κ2) is 5.63. The molecule has 0 N–H and O–H groups in total. The predicted octanol–water partition coefficient (Wildman–Crippen LogP) is 1.28. The zero-order valence-corrected chi connectivity index (χ0v) is 9.12. The van der Waals surface area contributed by atoms with E-state index in [2.05, 4.69) is 0 Å². The predicted molar refractivity (Wildman–Crippen MR) is 55.1 cm³/mol. The van der Waals surface area contributed by atoms with Gasteiger partial charge in [0.05, 0.1) is 0 Å². The van der Waals surface area contributed by atoms with Crippen LogP contribution in [0, 0.1) is 0 Å². The van der Waals surface area contributed by atoms with Crippen molar-refractivity contribution in [1.29, 1.82) is 0 Å². The van der Waals surface area contributed by atoms with Crippen molar-refractivity contribution in [3.05, 3.63) is 0 Å². The summed E-state index contributed by atoms with van der Waals surface area (Å²) in [5, 5.41) is 0. The van der Waals surface area contributed by atoms with E-state index in [1.54, 1.807) is 0 Å². The van der Waals surface area contributed by atoms with Gasteiger partial charge in [-0.05, 0) is 12.8 Å². The molecule has 1 rings (SSSR count). The zero-order valence-electron chi connectivity index (χ0n) is 9.12. The first-order chi connectivity index (χ1) is 7.15. The minimum Gasteiger partial charge on any atom is -0.300 e. The maximum atomic E-state index is 11.4. The molecule has 1 saturated heterocycles. The quantitative estimate of drug-likeness (QED) is 0.644. The summed E-state index contributed by atoms with van der Waals surface area (Å²) in [7, 11) is 0. The highest BCUT2D eigenvalue weighted by Crippen LogP contribution is 2.13. The van der Waals surface area contributed by atoms with Crippen LogP contribution < -0.4 is 0 Å². The first-order valence-electron chi connectivity index (χ1n) is 5.50. The topological polar surface area (TPSA) is 54.5 Å². The molecule has 1 fully saturated rings. The first kappa shape index (κ1) is 11.9. The van der Waals surface area contributed by atoms with E-state index in [0.717, 1.165) is 0 Å². The number of piperidine rings is 1. The van der Waals surface area contributed by atoms with E-state index in [9.17, 15) is 14.4 Å². The molecule has 0 spiro atoms. The summed E-state index contributed by atoms with van der Waals surface area (Å²) < 4.78 is 0. The van der Waals surface area contributed by atoms with Gasteiger partial charge in [0.15, 0.2) is 0 Å². The first-order valence-corrected chi connectivity index (χ1v) is 5.50. The standard InChI is InChI=1S/C11H17NO3/c1-2-9(13)5-4-8-12-10(14)6-3-7-11(12)15/h2-8H2,1H3. The van der Waals surface area contributed by atoms with Crippen LogP contribution in [-0.4, -0.2) is 29.0 Å². The average Bonchev–Trinajstić information content (AvgIpc) is 2.22. The molecule has 0 unspecified atom stereocenters. The lowest BCUT2D eigenvalue weighted by atomic mass is 10.1. The molecule has 1 aliphatic heterocycles. The number of nitrogens with zero attached hydrogens (tertiary/aromatic N) is 1. The van der Waals surface area contributed by atoms with Crippen LogP contribution in [0.3, 0.4) is 0 Å². The number of amides is 2. The molecule has 0 saturated carbocycles. The van der Waals surface area contributed by atoms with E-state index in [1.165, 1.54) is 4.90 Å². The molecule has 1 heterocycles. The molecule has 15 heavy (non-hydrogen) atoms. The summed E-state index contributed by atoms with van der Waals surface area (Å²) in [6.07, 6.45) is 3.20. The lowest BCUT2D eigenvalue weighted by molar-refractivity contribution is -0.148. The Hall–Kier alpha value is -1.19. The summed E-state index contributed by atoms with van der Waals surface area (Å²) in [6, 6.07) is 0. The third-order valence-electron chi connectivity index (χ3n) is 2.62. The fraction of sp³-hybridized carbons (Fsp3) is 0.727. The van der Waals surface area contributed by atoms with Crippen LogP contribution in [0.2, 0.25) is 0 Å². The number of hydrogen-bond donors (Lipinski definition) is 0. The molecule has 4 nitrogen and oxygen atoms in total. The summed E-state index contributed by atoms with van der Waals surface area (Å²) in [6.45, 7) is 2.23. The smallest absolute Gasteiger partial charge is 0.229 e. The van der Waals surface area contributed by atoms with Crippen molar-refractivity contribution < 1.29 is 14.4 Å². The van der Waals surface area contributed by atoms with Crippen molar-refractivity contribution in [3.63, 3.8) is 0 Å². The highest BCUT2D eigenvalue weighted by molar-refractivity contribution is 5.97. The molecule has 0 aromatic rings. The van der Waals surface area contributed by atoms with E-state index < -0.39 is 0 Å². The van der Waals surface area contributed by atoms with Crippen LogP contribution in [0.1, 0.15) is 45.4 Å². The Bertz CT molecular complexity index is 257. The molecule has 0 aromatic carbocycles. The molecule has 0 bridgehead atoms. The summed E-state index contributed by atoms with van der Waals surface area (Å²) in [4.78, 5) is 35.1. The monoisotopic (exact) mass is 211 g/mol. The third-order valence-corrected chi connectivity index (χ3v) is 2.62. The Morgan fingerprint density at radius 2 is 1.87 bits per heavy atom. The number of ketones is 1. The van der Waals surface area contributed by atoms with Crippen molar-refractivity contribution in [1.82, 2.24) is 4.90 Å². The highest BCUT2D eigenvalue weighted by Gasteiger charge is 2.25. The Morgan fingerprint density at radius 1 is 1.27 bits per heavy atom. The van der Waals surface area contributed by atoms with Gasteiger partial charge in [-0.1, -0.05) is 6.92 Å². The second-order valence-corrected chi connectivity index (χ2v) is 3.79. The van der Waals surface area contributed by atoms with Gasteiger partial charge in [0.1, 0.15) is 5.78 Å². The zero-order chi connectivity index (χ0) is 11.3. The second-order valence-electron chi connectivity index (χ2n) is 3.79. The maximum absolute atomic E-state index is 11.4. The molecular formula is C11H17NO3. The van der Waals surface area contributed by atoms with Gasteiger partial charge in [0.2, 0.25) is 11.8 Å². The van der Waals surface area contributed by atoms with E-state index in [-0.39, 0.29) is 17.6 Å². The average molecular weight is 211 g/mol. The van der Waals surface area contributed by atoms with Gasteiger partial charge in [-0.25, -0.2) is 0 Å². The molecule has 0 aliphatic carbocycles. The molecule has 2 amide bonds. The van der Waals surface area contributed by atoms with Crippen LogP contribution in [-0.2, 0) is 14.4 Å². The van der Waals surface area contributed by atoms with Crippen molar-refractivity contribution in [2.24, 2.45) is 0 Å². The summed E-state index contributed by atoms with van der Waals surface area (Å²) in [5.74, 6) is 0.0114. The van der Waals surface area contributed by atoms with Gasteiger partial charge in [-0.2, -0.15) is 0 Å². The molecule has 4 heteroatoms. The fourth-order valence-electron chi connectivity index (χ4n) is 1.66. The molecule has 0 aromatic heterocycles. The van der Waals surface area contributed by atoms with Crippen LogP contribution in [0.15, 0.2) is 0 Å². The van der Waals surface area contributed by atoms with Gasteiger partial charge < -0.3 is 0 Å². The van der Waals surface area contributed by atoms with Crippen molar-refractivity contribution in [2.75, 3.05) is 6.54 Å². The number of rotatable bonds is 5. The fourth-order valence-corrected chi connectivity index (χ4v) is 1.66. The summed E-state index contributed by atoms with van der Waals surface area (Å²) >= 11 is 0. The normalized spacial score (nSPS) is 17.0. The van der Waals surface area contributed by atoms with Gasteiger partial charge in [-0.3, -0.25) is 19.3 Å². The Morgan fingerprint density at radius 3 is 2.40 bits per heavy atom.